The van der Waals surface area contributed by atoms with Gasteiger partial charge in [0.1, 0.15) is 5.75 Å². The van der Waals surface area contributed by atoms with Gasteiger partial charge in [-0.25, -0.2) is 0 Å². The van der Waals surface area contributed by atoms with Crippen LogP contribution in [0.15, 0.2) is 12.1 Å². The molecule has 4 nitrogen and oxygen atoms in total. The van der Waals surface area contributed by atoms with Gasteiger partial charge in [0.2, 0.25) is 0 Å². The number of hydrogen-bond acceptors (Lipinski definition) is 3. The number of methoxy groups -OCH3 is 1. The van der Waals surface area contributed by atoms with E-state index in [1.807, 2.05) is 13.8 Å². The molecule has 4 heteroatoms. The van der Waals surface area contributed by atoms with Crippen LogP contribution in [0.5, 0.6) is 5.75 Å². The minimum Gasteiger partial charge on any atom is -0.496 e. The van der Waals surface area contributed by atoms with Gasteiger partial charge in [-0.15, -0.1) is 0 Å². The number of carbonyl (C=O) groups is 1. The van der Waals surface area contributed by atoms with Gasteiger partial charge in [-0.3, -0.25) is 4.79 Å². The Balaban J connectivity index is 1.85. The summed E-state index contributed by atoms with van der Waals surface area (Å²) in [5, 5.41) is 12.2. The lowest BCUT2D eigenvalue weighted by molar-refractivity contribution is -0.138. The number of benzene rings is 1. The van der Waals surface area contributed by atoms with Gasteiger partial charge < -0.3 is 15.2 Å². The number of rotatable bonds is 6. The molecule has 0 spiro atoms. The van der Waals surface area contributed by atoms with Gasteiger partial charge in [0, 0.05) is 6.54 Å². The lowest BCUT2D eigenvalue weighted by Gasteiger charge is -2.12. The second-order valence-electron chi connectivity index (χ2n) is 5.33. The molecule has 0 saturated heterocycles. The quantitative estimate of drug-likeness (QED) is 0.825. The van der Waals surface area contributed by atoms with E-state index < -0.39 is 5.97 Å². The fourth-order valence-electron chi connectivity index (χ4n) is 2.64. The van der Waals surface area contributed by atoms with E-state index in [1.165, 1.54) is 5.56 Å². The van der Waals surface area contributed by atoms with Gasteiger partial charge in [0.15, 0.2) is 0 Å². The van der Waals surface area contributed by atoms with E-state index in [-0.39, 0.29) is 5.92 Å². The van der Waals surface area contributed by atoms with E-state index in [4.69, 9.17) is 9.84 Å². The van der Waals surface area contributed by atoms with Crippen molar-refractivity contribution in [2.75, 3.05) is 13.7 Å². The number of ether oxygens (including phenoxy) is 1. The molecule has 2 N–H and O–H groups in total. The van der Waals surface area contributed by atoms with Gasteiger partial charge in [-0.2, -0.15) is 0 Å². The summed E-state index contributed by atoms with van der Waals surface area (Å²) in [4.78, 5) is 10.7. The highest BCUT2D eigenvalue weighted by molar-refractivity contribution is 5.73. The summed E-state index contributed by atoms with van der Waals surface area (Å²) in [7, 11) is 1.69. The zero-order chi connectivity index (χ0) is 14.0. The number of nitrogens with one attached hydrogen (secondary N) is 1. The van der Waals surface area contributed by atoms with Gasteiger partial charge in [-0.1, -0.05) is 12.1 Å². The van der Waals surface area contributed by atoms with Gasteiger partial charge >= 0.3 is 5.97 Å². The van der Waals surface area contributed by atoms with Crippen LogP contribution in [0, 0.1) is 25.7 Å². The van der Waals surface area contributed by atoms with Crippen molar-refractivity contribution in [3.8, 4) is 5.75 Å². The topological polar surface area (TPSA) is 58.6 Å². The predicted octanol–water partition coefficient (Wildman–Crippen LogP) is 2.12. The summed E-state index contributed by atoms with van der Waals surface area (Å²) < 4.78 is 5.34. The molecule has 2 unspecified atom stereocenters. The van der Waals surface area contributed by atoms with Crippen molar-refractivity contribution >= 4 is 5.97 Å². The molecule has 0 heterocycles. The Hall–Kier alpha value is -1.55. The van der Waals surface area contributed by atoms with Crippen LogP contribution in [0.1, 0.15) is 23.1 Å². The predicted molar refractivity (Wildman–Crippen MR) is 73.4 cm³/mol. The number of carboxylic acid groups (broad SMARTS) is 1. The summed E-state index contributed by atoms with van der Waals surface area (Å²) in [6, 6.07) is 4.22. The zero-order valence-electron chi connectivity index (χ0n) is 11.7. The molecule has 1 aromatic rings. The summed E-state index contributed by atoms with van der Waals surface area (Å²) in [5.74, 6) is 0.449. The van der Waals surface area contributed by atoms with E-state index in [0.717, 1.165) is 36.4 Å². The van der Waals surface area contributed by atoms with Gasteiger partial charge in [-0.05, 0) is 49.4 Å². The monoisotopic (exact) mass is 263 g/mol. The van der Waals surface area contributed by atoms with Crippen LogP contribution in [-0.4, -0.2) is 24.7 Å². The zero-order valence-corrected chi connectivity index (χ0v) is 11.7. The highest BCUT2D eigenvalue weighted by Crippen LogP contribution is 2.37. The van der Waals surface area contributed by atoms with E-state index in [2.05, 4.69) is 17.4 Å². The third-order valence-electron chi connectivity index (χ3n) is 3.70. The average Bonchev–Trinajstić information content (AvgIpc) is 3.08. The molecule has 0 aromatic heterocycles. The first-order valence-corrected chi connectivity index (χ1v) is 6.60. The Morgan fingerprint density at radius 3 is 2.53 bits per heavy atom. The smallest absolute Gasteiger partial charge is 0.306 e. The van der Waals surface area contributed by atoms with Crippen molar-refractivity contribution in [2.24, 2.45) is 11.8 Å². The second-order valence-corrected chi connectivity index (χ2v) is 5.33. The van der Waals surface area contributed by atoms with Crippen molar-refractivity contribution in [2.45, 2.75) is 26.8 Å². The fourth-order valence-corrected chi connectivity index (χ4v) is 2.64. The fraction of sp³-hybridized carbons (Fsp3) is 0.533. The maximum absolute atomic E-state index is 10.7. The summed E-state index contributed by atoms with van der Waals surface area (Å²) in [5.41, 5.74) is 3.48. The van der Waals surface area contributed by atoms with Crippen LogP contribution in [0.3, 0.4) is 0 Å². The van der Waals surface area contributed by atoms with Crippen LogP contribution in [0.25, 0.3) is 0 Å². The van der Waals surface area contributed by atoms with Crippen molar-refractivity contribution < 1.29 is 14.6 Å². The summed E-state index contributed by atoms with van der Waals surface area (Å²) >= 11 is 0. The van der Waals surface area contributed by atoms with Crippen LogP contribution in [-0.2, 0) is 11.3 Å². The summed E-state index contributed by atoms with van der Waals surface area (Å²) in [6.45, 7) is 5.63. The maximum Gasteiger partial charge on any atom is 0.306 e. The van der Waals surface area contributed by atoms with Crippen molar-refractivity contribution in [3.63, 3.8) is 0 Å². The van der Waals surface area contributed by atoms with Crippen molar-refractivity contribution in [1.82, 2.24) is 5.32 Å². The minimum atomic E-state index is -0.664. The Kier molecular flexibility index (Phi) is 4.10. The Labute approximate surface area is 113 Å². The molecule has 0 amide bonds. The molecule has 2 rings (SSSR count). The summed E-state index contributed by atoms with van der Waals surface area (Å²) in [6.07, 6.45) is 0.809. The lowest BCUT2D eigenvalue weighted by Crippen LogP contribution is -2.18. The van der Waals surface area contributed by atoms with E-state index in [1.54, 1.807) is 7.11 Å². The molecule has 1 fully saturated rings. The molecule has 0 aliphatic heterocycles. The maximum atomic E-state index is 10.7. The number of aliphatic carboxylic acids is 1. The first kappa shape index (κ1) is 13.9. The third-order valence-corrected chi connectivity index (χ3v) is 3.70. The molecule has 0 bridgehead atoms. The SMILES string of the molecule is COc1c(C)cc(CNCC2CC2C(=O)O)cc1C. The van der Waals surface area contributed by atoms with Crippen LogP contribution in [0.4, 0.5) is 0 Å². The van der Waals surface area contributed by atoms with Gasteiger partial charge in [0.25, 0.3) is 0 Å². The molecular formula is C15H21NO3. The molecule has 1 aromatic carbocycles. The molecule has 1 saturated carbocycles. The molecular weight excluding hydrogens is 242 g/mol. The first-order chi connectivity index (χ1) is 9.02. The van der Waals surface area contributed by atoms with Crippen molar-refractivity contribution in [3.05, 3.63) is 28.8 Å². The Morgan fingerprint density at radius 1 is 1.42 bits per heavy atom. The molecule has 19 heavy (non-hydrogen) atoms. The highest BCUT2D eigenvalue weighted by Gasteiger charge is 2.42. The standard InChI is InChI=1S/C15H21NO3/c1-9-4-11(5-10(2)14(9)19-3)7-16-8-12-6-13(12)15(17)18/h4-5,12-13,16H,6-8H2,1-3H3,(H,17,18). The largest absolute Gasteiger partial charge is 0.496 e. The van der Waals surface area contributed by atoms with E-state index >= 15 is 0 Å². The lowest BCUT2D eigenvalue weighted by atomic mass is 10.1. The minimum absolute atomic E-state index is 0.133. The molecule has 0 radical (unpaired) electrons. The number of aryl methyl sites for hydroxylation is 2. The molecule has 104 valence electrons. The van der Waals surface area contributed by atoms with Crippen LogP contribution in [0.2, 0.25) is 0 Å². The molecule has 1 aliphatic carbocycles. The number of carboxylic acids is 1. The molecule has 2 atom stereocenters. The normalized spacial score (nSPS) is 21.2. The van der Waals surface area contributed by atoms with E-state index in [9.17, 15) is 4.79 Å². The molecule has 1 aliphatic rings. The van der Waals surface area contributed by atoms with Crippen LogP contribution >= 0.6 is 0 Å². The van der Waals surface area contributed by atoms with Crippen molar-refractivity contribution in [1.29, 1.82) is 0 Å². The van der Waals surface area contributed by atoms with Crippen LogP contribution < -0.4 is 10.1 Å². The average molecular weight is 263 g/mol. The first-order valence-electron chi connectivity index (χ1n) is 6.60. The second kappa shape index (κ2) is 5.61. The third kappa shape index (κ3) is 3.26. The number of hydrogen-bond donors (Lipinski definition) is 2. The van der Waals surface area contributed by atoms with Gasteiger partial charge in [0.05, 0.1) is 13.0 Å². The highest BCUT2D eigenvalue weighted by atomic mass is 16.5. The Morgan fingerprint density at radius 2 is 2.05 bits per heavy atom. The van der Waals surface area contributed by atoms with E-state index in [0.29, 0.717) is 5.92 Å². The Bertz CT molecular complexity index is 461.